The Balaban J connectivity index is 1.79. The van der Waals surface area contributed by atoms with Crippen molar-refractivity contribution >= 4 is 23.1 Å². The van der Waals surface area contributed by atoms with Crippen LogP contribution in [0.15, 0.2) is 12.1 Å². The van der Waals surface area contributed by atoms with Crippen LogP contribution in [0.3, 0.4) is 0 Å². The van der Waals surface area contributed by atoms with Gasteiger partial charge in [-0.1, -0.05) is 19.3 Å². The van der Waals surface area contributed by atoms with Crippen LogP contribution in [-0.2, 0) is 6.54 Å². The molecule has 17 heavy (non-hydrogen) atoms. The van der Waals surface area contributed by atoms with Crippen molar-refractivity contribution in [3.05, 3.63) is 21.9 Å². The standard InChI is InChI=1S/C14H23NS2/c1-12-6-7-13(17-12)10-15-11-14(16-2)8-4-3-5-9-14/h6-7,15H,3-5,8-11H2,1-2H3. The Labute approximate surface area is 113 Å². The van der Waals surface area contributed by atoms with Gasteiger partial charge in [0.2, 0.25) is 0 Å². The Morgan fingerprint density at radius 3 is 2.65 bits per heavy atom. The Bertz CT molecular complexity index is 340. The summed E-state index contributed by atoms with van der Waals surface area (Å²) < 4.78 is 0.518. The van der Waals surface area contributed by atoms with Crippen molar-refractivity contribution in [2.75, 3.05) is 12.8 Å². The van der Waals surface area contributed by atoms with Crippen LogP contribution in [0.5, 0.6) is 0 Å². The highest BCUT2D eigenvalue weighted by molar-refractivity contribution is 8.00. The molecule has 96 valence electrons. The molecule has 2 rings (SSSR count). The lowest BCUT2D eigenvalue weighted by atomic mass is 9.88. The molecule has 0 unspecified atom stereocenters. The lowest BCUT2D eigenvalue weighted by molar-refractivity contribution is 0.380. The molecule has 0 bridgehead atoms. The molecule has 0 spiro atoms. The van der Waals surface area contributed by atoms with Gasteiger partial charge in [-0.2, -0.15) is 11.8 Å². The number of hydrogen-bond acceptors (Lipinski definition) is 3. The minimum absolute atomic E-state index is 0.518. The maximum absolute atomic E-state index is 3.67. The van der Waals surface area contributed by atoms with E-state index in [0.717, 1.165) is 6.54 Å². The van der Waals surface area contributed by atoms with Crippen LogP contribution in [0.4, 0.5) is 0 Å². The highest BCUT2D eigenvalue weighted by Gasteiger charge is 2.30. The molecule has 1 aliphatic carbocycles. The van der Waals surface area contributed by atoms with Gasteiger partial charge in [0.25, 0.3) is 0 Å². The quantitative estimate of drug-likeness (QED) is 0.859. The van der Waals surface area contributed by atoms with Gasteiger partial charge in [0, 0.05) is 27.6 Å². The summed E-state index contributed by atoms with van der Waals surface area (Å²) in [5.74, 6) is 0. The monoisotopic (exact) mass is 269 g/mol. The van der Waals surface area contributed by atoms with E-state index in [1.807, 2.05) is 11.3 Å². The normalized spacial score (nSPS) is 19.4. The van der Waals surface area contributed by atoms with E-state index in [-0.39, 0.29) is 0 Å². The summed E-state index contributed by atoms with van der Waals surface area (Å²) in [5.41, 5.74) is 0. The van der Waals surface area contributed by atoms with Crippen LogP contribution in [0.2, 0.25) is 0 Å². The maximum Gasteiger partial charge on any atom is 0.0300 e. The fourth-order valence-electron chi connectivity index (χ4n) is 2.64. The summed E-state index contributed by atoms with van der Waals surface area (Å²) >= 11 is 3.99. The SMILES string of the molecule is CSC1(CNCc2ccc(C)s2)CCCCC1. The third-order valence-corrected chi connectivity index (χ3v) is 6.16. The van der Waals surface area contributed by atoms with Gasteiger partial charge >= 0.3 is 0 Å². The summed E-state index contributed by atoms with van der Waals surface area (Å²) in [6, 6.07) is 4.46. The molecule has 0 aromatic carbocycles. The van der Waals surface area contributed by atoms with Gasteiger partial charge < -0.3 is 5.32 Å². The molecule has 1 heterocycles. The molecule has 1 nitrogen and oxygen atoms in total. The van der Waals surface area contributed by atoms with E-state index in [4.69, 9.17) is 0 Å². The molecule has 0 amide bonds. The number of thiophene rings is 1. The van der Waals surface area contributed by atoms with E-state index in [1.165, 1.54) is 48.4 Å². The van der Waals surface area contributed by atoms with Crippen molar-refractivity contribution in [1.29, 1.82) is 0 Å². The predicted molar refractivity (Wildman–Crippen MR) is 80.1 cm³/mol. The van der Waals surface area contributed by atoms with E-state index < -0.39 is 0 Å². The van der Waals surface area contributed by atoms with E-state index in [9.17, 15) is 0 Å². The topological polar surface area (TPSA) is 12.0 Å². The summed E-state index contributed by atoms with van der Waals surface area (Å²) in [7, 11) is 0. The summed E-state index contributed by atoms with van der Waals surface area (Å²) in [4.78, 5) is 2.88. The van der Waals surface area contributed by atoms with Gasteiger partial charge in [0.15, 0.2) is 0 Å². The van der Waals surface area contributed by atoms with Crippen molar-refractivity contribution in [1.82, 2.24) is 5.32 Å². The van der Waals surface area contributed by atoms with Gasteiger partial charge in [0.05, 0.1) is 0 Å². The molecule has 0 aliphatic heterocycles. The number of hydrogen-bond donors (Lipinski definition) is 1. The highest BCUT2D eigenvalue weighted by Crippen LogP contribution is 2.38. The van der Waals surface area contributed by atoms with Crippen LogP contribution in [0.1, 0.15) is 41.9 Å². The smallest absolute Gasteiger partial charge is 0.0300 e. The van der Waals surface area contributed by atoms with Crippen LogP contribution in [0, 0.1) is 6.92 Å². The van der Waals surface area contributed by atoms with Crippen LogP contribution >= 0.6 is 23.1 Å². The summed E-state index contributed by atoms with van der Waals surface area (Å²) in [5, 5.41) is 3.67. The first-order chi connectivity index (χ1) is 8.24. The van der Waals surface area contributed by atoms with Gasteiger partial charge in [-0.05, 0) is 38.2 Å². The van der Waals surface area contributed by atoms with Crippen molar-refractivity contribution in [3.8, 4) is 0 Å². The minimum atomic E-state index is 0.518. The van der Waals surface area contributed by atoms with Crippen molar-refractivity contribution in [2.24, 2.45) is 0 Å². The summed E-state index contributed by atoms with van der Waals surface area (Å²) in [6.07, 6.45) is 9.34. The van der Waals surface area contributed by atoms with E-state index in [2.05, 4.69) is 42.4 Å². The van der Waals surface area contributed by atoms with Crippen molar-refractivity contribution in [3.63, 3.8) is 0 Å². The summed E-state index contributed by atoms with van der Waals surface area (Å²) in [6.45, 7) is 4.39. The Kier molecular flexibility index (Phi) is 4.95. The van der Waals surface area contributed by atoms with Crippen LogP contribution in [0.25, 0.3) is 0 Å². The fraction of sp³-hybridized carbons (Fsp3) is 0.714. The van der Waals surface area contributed by atoms with Gasteiger partial charge in [-0.15, -0.1) is 11.3 Å². The average Bonchev–Trinajstić information content (AvgIpc) is 2.76. The number of aryl methyl sites for hydroxylation is 1. The molecular formula is C14H23NS2. The third kappa shape index (κ3) is 3.73. The largest absolute Gasteiger partial charge is 0.310 e. The van der Waals surface area contributed by atoms with Crippen LogP contribution < -0.4 is 5.32 Å². The molecule has 3 heteroatoms. The third-order valence-electron chi connectivity index (χ3n) is 3.74. The molecule has 1 aromatic heterocycles. The molecule has 1 aromatic rings. The maximum atomic E-state index is 3.67. The first-order valence-corrected chi connectivity index (χ1v) is 8.59. The molecule has 1 saturated carbocycles. The number of thioether (sulfide) groups is 1. The molecule has 1 N–H and O–H groups in total. The zero-order valence-electron chi connectivity index (χ0n) is 10.9. The zero-order valence-corrected chi connectivity index (χ0v) is 12.6. The van der Waals surface area contributed by atoms with E-state index in [0.29, 0.717) is 4.75 Å². The van der Waals surface area contributed by atoms with Gasteiger partial charge in [-0.25, -0.2) is 0 Å². The zero-order chi connectivity index (χ0) is 12.1. The number of nitrogens with one attached hydrogen (secondary N) is 1. The Morgan fingerprint density at radius 2 is 2.06 bits per heavy atom. The number of rotatable bonds is 5. The Morgan fingerprint density at radius 1 is 1.29 bits per heavy atom. The first-order valence-electron chi connectivity index (χ1n) is 6.55. The molecule has 1 aliphatic rings. The lowest BCUT2D eigenvalue weighted by Gasteiger charge is -2.36. The van der Waals surface area contributed by atoms with E-state index >= 15 is 0 Å². The van der Waals surface area contributed by atoms with Crippen molar-refractivity contribution in [2.45, 2.75) is 50.3 Å². The molecule has 0 saturated heterocycles. The second kappa shape index (κ2) is 6.26. The van der Waals surface area contributed by atoms with Gasteiger partial charge in [-0.3, -0.25) is 0 Å². The lowest BCUT2D eigenvalue weighted by Crippen LogP contribution is -2.38. The van der Waals surface area contributed by atoms with Crippen molar-refractivity contribution < 1.29 is 0 Å². The Hall–Kier alpha value is 0.01000. The minimum Gasteiger partial charge on any atom is -0.310 e. The van der Waals surface area contributed by atoms with Gasteiger partial charge in [0.1, 0.15) is 0 Å². The first kappa shape index (κ1) is 13.4. The molecular weight excluding hydrogens is 246 g/mol. The average molecular weight is 269 g/mol. The second-order valence-electron chi connectivity index (χ2n) is 5.06. The highest BCUT2D eigenvalue weighted by atomic mass is 32.2. The molecule has 0 radical (unpaired) electrons. The second-order valence-corrected chi connectivity index (χ2v) is 7.71. The van der Waals surface area contributed by atoms with E-state index in [1.54, 1.807) is 0 Å². The fourth-order valence-corrected chi connectivity index (χ4v) is 4.45. The molecule has 1 fully saturated rings. The predicted octanol–water partition coefficient (Wildman–Crippen LogP) is 4.21. The molecule has 0 atom stereocenters. The van der Waals surface area contributed by atoms with Crippen LogP contribution in [-0.4, -0.2) is 17.5 Å².